The first-order chi connectivity index (χ1) is 15.4. The third-order valence-corrected chi connectivity index (χ3v) is 7.70. The van der Waals surface area contributed by atoms with Crippen molar-refractivity contribution < 1.29 is 14.0 Å². The number of aromatic nitrogens is 2. The Labute approximate surface area is 190 Å². The van der Waals surface area contributed by atoms with Crippen LogP contribution in [0, 0.1) is 37.4 Å². The molecule has 1 amide bonds. The van der Waals surface area contributed by atoms with E-state index in [0.29, 0.717) is 23.8 Å². The fourth-order valence-corrected chi connectivity index (χ4v) is 6.08. The maximum Gasteiger partial charge on any atom is 0.229 e. The highest BCUT2D eigenvalue weighted by molar-refractivity contribution is 7.14. The number of aryl methyl sites for hydroxylation is 1. The quantitative estimate of drug-likeness (QED) is 0.554. The maximum atomic E-state index is 13.3. The van der Waals surface area contributed by atoms with Gasteiger partial charge in [-0.05, 0) is 69.9 Å². The summed E-state index contributed by atoms with van der Waals surface area (Å²) in [5.74, 6) is 0.0884. The lowest BCUT2D eigenvalue weighted by molar-refractivity contribution is -0.136. The van der Waals surface area contributed by atoms with Gasteiger partial charge in [0.15, 0.2) is 5.13 Å². The topological polar surface area (TPSA) is 64.0 Å². The number of benzene rings is 1. The van der Waals surface area contributed by atoms with Gasteiger partial charge in [-0.1, -0.05) is 6.42 Å². The molecule has 0 radical (unpaired) electrons. The lowest BCUT2D eigenvalue weighted by atomic mass is 9.67. The third kappa shape index (κ3) is 3.79. The monoisotopic (exact) mass is 451 g/mol. The third-order valence-electron chi connectivity index (χ3n) is 6.94. The van der Waals surface area contributed by atoms with Gasteiger partial charge in [0, 0.05) is 45.8 Å². The number of anilines is 1. The molecule has 5 rings (SSSR count). The van der Waals surface area contributed by atoms with Crippen molar-refractivity contribution in [3.63, 3.8) is 0 Å². The van der Waals surface area contributed by atoms with E-state index < -0.39 is 0 Å². The number of halogens is 1. The highest BCUT2D eigenvalue weighted by atomic mass is 32.1. The van der Waals surface area contributed by atoms with Gasteiger partial charge in [-0.2, -0.15) is 0 Å². The highest BCUT2D eigenvalue weighted by Gasteiger charge is 2.41. The number of carbonyl (C=O) groups is 2. The molecule has 2 aliphatic carbocycles. The van der Waals surface area contributed by atoms with Crippen LogP contribution in [0.25, 0.3) is 16.9 Å². The summed E-state index contributed by atoms with van der Waals surface area (Å²) < 4.78 is 15.4. The lowest BCUT2D eigenvalue weighted by Gasteiger charge is -2.36. The number of nitrogens with zero attached hydrogens (tertiary/aromatic N) is 2. The van der Waals surface area contributed by atoms with Crippen LogP contribution in [0.1, 0.15) is 43.5 Å². The number of ketones is 1. The lowest BCUT2D eigenvalue weighted by Crippen LogP contribution is -2.40. The van der Waals surface area contributed by atoms with Crippen molar-refractivity contribution >= 4 is 28.2 Å². The molecule has 2 aliphatic rings. The number of fused-ring (bicyclic) bond motifs is 2. The van der Waals surface area contributed by atoms with Crippen LogP contribution in [0.5, 0.6) is 0 Å². The first-order valence-electron chi connectivity index (χ1n) is 11.2. The fraction of sp³-hybridized carbons (Fsp3) is 0.400. The van der Waals surface area contributed by atoms with Crippen molar-refractivity contribution in [1.82, 2.24) is 9.55 Å². The van der Waals surface area contributed by atoms with E-state index in [2.05, 4.69) is 20.9 Å². The molecule has 2 aromatic heterocycles. The number of thiazole rings is 1. The molecule has 7 heteroatoms. The molecule has 3 aromatic rings. The number of hydrogen-bond acceptors (Lipinski definition) is 4. The van der Waals surface area contributed by atoms with Gasteiger partial charge in [-0.15, -0.1) is 11.3 Å². The van der Waals surface area contributed by atoms with E-state index in [1.54, 1.807) is 12.1 Å². The number of nitrogens with one attached hydrogen (secondary N) is 1. The van der Waals surface area contributed by atoms with Gasteiger partial charge >= 0.3 is 0 Å². The summed E-state index contributed by atoms with van der Waals surface area (Å²) in [6, 6.07) is 8.49. The number of rotatable bonds is 4. The number of carbonyl (C=O) groups excluding carboxylic acids is 2. The first kappa shape index (κ1) is 21.1. The van der Waals surface area contributed by atoms with Crippen LogP contribution in [-0.2, 0) is 9.59 Å². The van der Waals surface area contributed by atoms with Crippen molar-refractivity contribution in [2.75, 3.05) is 5.32 Å². The summed E-state index contributed by atoms with van der Waals surface area (Å²) in [6.07, 6.45) is 4.27. The van der Waals surface area contributed by atoms with Crippen LogP contribution >= 0.6 is 11.3 Å². The summed E-state index contributed by atoms with van der Waals surface area (Å²) in [5, 5.41) is 5.53. The van der Waals surface area contributed by atoms with Crippen molar-refractivity contribution in [2.24, 2.45) is 17.8 Å². The highest BCUT2D eigenvalue weighted by Crippen LogP contribution is 2.40. The van der Waals surface area contributed by atoms with Crippen LogP contribution in [0.2, 0.25) is 0 Å². The van der Waals surface area contributed by atoms with Gasteiger partial charge in [0.1, 0.15) is 11.6 Å². The zero-order valence-corrected chi connectivity index (χ0v) is 19.0. The average molecular weight is 452 g/mol. The molecule has 2 atom stereocenters. The van der Waals surface area contributed by atoms with E-state index in [1.807, 2.05) is 19.2 Å². The molecule has 32 heavy (non-hydrogen) atoms. The van der Waals surface area contributed by atoms with Crippen LogP contribution in [0.3, 0.4) is 0 Å². The molecule has 0 spiro atoms. The summed E-state index contributed by atoms with van der Waals surface area (Å²) >= 11 is 1.41. The molecular weight excluding hydrogens is 425 g/mol. The van der Waals surface area contributed by atoms with Gasteiger partial charge in [-0.25, -0.2) is 9.37 Å². The van der Waals surface area contributed by atoms with Crippen LogP contribution in [0.4, 0.5) is 9.52 Å². The standard InChI is InChI=1S/C25H26FN3O2S/c1-14-10-21(15(2)29(14)20-8-6-19(26)7-9-20)22-13-32-25(27-22)28-24(31)18-11-16-4-3-5-17(12-18)23(16)30/h6-10,13,16-18H,3-5,11-12H2,1-2H3,(H,27,28,31). The van der Waals surface area contributed by atoms with Crippen LogP contribution in [0.15, 0.2) is 35.7 Å². The molecule has 1 N–H and O–H groups in total. The zero-order valence-electron chi connectivity index (χ0n) is 18.2. The normalized spacial score (nSPS) is 22.7. The summed E-state index contributed by atoms with van der Waals surface area (Å²) in [4.78, 5) is 29.9. The molecule has 166 valence electrons. The van der Waals surface area contributed by atoms with E-state index in [-0.39, 0.29) is 29.5 Å². The fourth-order valence-electron chi connectivity index (χ4n) is 5.37. The second kappa shape index (κ2) is 8.28. The molecule has 0 saturated heterocycles. The minimum atomic E-state index is -0.262. The maximum absolute atomic E-state index is 13.3. The summed E-state index contributed by atoms with van der Waals surface area (Å²) in [7, 11) is 0. The van der Waals surface area contributed by atoms with Gasteiger partial charge in [0.25, 0.3) is 0 Å². The molecule has 2 saturated carbocycles. The number of amides is 1. The number of hydrogen-bond donors (Lipinski definition) is 1. The molecule has 0 aliphatic heterocycles. The van der Waals surface area contributed by atoms with E-state index in [4.69, 9.17) is 0 Å². The molecular formula is C25H26FN3O2S. The van der Waals surface area contributed by atoms with Gasteiger partial charge in [0.05, 0.1) is 5.69 Å². The second-order valence-corrected chi connectivity index (χ2v) is 9.88. The first-order valence-corrected chi connectivity index (χ1v) is 12.0. The van der Waals surface area contributed by atoms with Crippen LogP contribution in [-0.4, -0.2) is 21.2 Å². The molecule has 2 heterocycles. The predicted octanol–water partition coefficient (Wildman–Crippen LogP) is 5.69. The molecule has 1 aromatic carbocycles. The minimum absolute atomic E-state index is 0.0212. The van der Waals surface area contributed by atoms with Crippen molar-refractivity contribution in [3.8, 4) is 16.9 Å². The van der Waals surface area contributed by atoms with Gasteiger partial charge in [-0.3, -0.25) is 9.59 Å². The zero-order chi connectivity index (χ0) is 22.4. The van der Waals surface area contributed by atoms with Crippen molar-refractivity contribution in [1.29, 1.82) is 0 Å². The van der Waals surface area contributed by atoms with Gasteiger partial charge < -0.3 is 9.88 Å². The Morgan fingerprint density at radius 1 is 1.16 bits per heavy atom. The summed E-state index contributed by atoms with van der Waals surface area (Å²) in [5.41, 5.74) is 4.73. The van der Waals surface area contributed by atoms with Crippen LogP contribution < -0.4 is 5.32 Å². The van der Waals surface area contributed by atoms with E-state index in [9.17, 15) is 14.0 Å². The van der Waals surface area contributed by atoms with Gasteiger partial charge in [0.2, 0.25) is 5.91 Å². The van der Waals surface area contributed by atoms with E-state index in [0.717, 1.165) is 47.6 Å². The Morgan fingerprint density at radius 3 is 2.53 bits per heavy atom. The molecule has 2 bridgehead atoms. The molecule has 2 fully saturated rings. The van der Waals surface area contributed by atoms with E-state index >= 15 is 0 Å². The van der Waals surface area contributed by atoms with Crippen molar-refractivity contribution in [3.05, 3.63) is 52.9 Å². The second-order valence-electron chi connectivity index (χ2n) is 9.02. The predicted molar refractivity (Wildman–Crippen MR) is 124 cm³/mol. The summed E-state index contributed by atoms with van der Waals surface area (Å²) in [6.45, 7) is 4.03. The Morgan fingerprint density at radius 2 is 1.84 bits per heavy atom. The smallest absolute Gasteiger partial charge is 0.229 e. The SMILES string of the molecule is Cc1cc(-c2csc(NC(=O)C3CC4CCCC(C3)C4=O)n2)c(C)n1-c1ccc(F)cc1. The Hall–Kier alpha value is -2.80. The average Bonchev–Trinajstić information content (AvgIpc) is 3.32. The Balaban J connectivity index is 1.33. The Bertz CT molecular complexity index is 1160. The number of Topliss-reactive ketones (excluding diaryl/α,β-unsaturated/α-hetero) is 1. The Kier molecular flexibility index (Phi) is 5.45. The molecule has 5 nitrogen and oxygen atoms in total. The largest absolute Gasteiger partial charge is 0.318 e. The van der Waals surface area contributed by atoms with Crippen molar-refractivity contribution in [2.45, 2.75) is 46.0 Å². The minimum Gasteiger partial charge on any atom is -0.318 e. The molecule has 2 unspecified atom stereocenters. The van der Waals surface area contributed by atoms with E-state index in [1.165, 1.54) is 23.5 Å².